The monoisotopic (exact) mass is 313 g/mol. The number of hydrogen-bond acceptors (Lipinski definition) is 5. The molecule has 1 saturated heterocycles. The van der Waals surface area contributed by atoms with E-state index in [0.29, 0.717) is 5.76 Å². The van der Waals surface area contributed by atoms with Crippen molar-refractivity contribution >= 4 is 17.8 Å². The van der Waals surface area contributed by atoms with E-state index in [9.17, 15) is 14.4 Å². The maximum atomic E-state index is 12.2. The van der Waals surface area contributed by atoms with Crippen molar-refractivity contribution in [3.05, 3.63) is 42.4 Å². The van der Waals surface area contributed by atoms with Crippen molar-refractivity contribution in [2.24, 2.45) is 0 Å². The highest BCUT2D eigenvalue weighted by atomic mass is 16.4. The minimum atomic E-state index is -0.858. The van der Waals surface area contributed by atoms with Gasteiger partial charge in [-0.15, -0.1) is 0 Å². The summed E-state index contributed by atoms with van der Waals surface area (Å²) in [6.45, 7) is 3.18. The van der Waals surface area contributed by atoms with Crippen LogP contribution in [0.3, 0.4) is 0 Å². The van der Waals surface area contributed by atoms with Crippen LogP contribution in [0.25, 0.3) is 11.3 Å². The Morgan fingerprint density at radius 1 is 1.09 bits per heavy atom. The number of rotatable bonds is 4. The number of imide groups is 2. The number of amides is 4. The number of benzene rings is 1. The van der Waals surface area contributed by atoms with Gasteiger partial charge in [0.05, 0.1) is 6.20 Å². The summed E-state index contributed by atoms with van der Waals surface area (Å²) in [5.41, 5.74) is 0.838. The molecule has 1 aromatic heterocycles. The fourth-order valence-electron chi connectivity index (χ4n) is 2.37. The molecule has 0 spiro atoms. The number of urea groups is 1. The molecule has 3 rings (SSSR count). The number of nitrogens with zero attached hydrogens (tertiary/aromatic N) is 3. The molecule has 1 aliphatic heterocycles. The van der Waals surface area contributed by atoms with Gasteiger partial charge in [-0.1, -0.05) is 30.3 Å². The quantitative estimate of drug-likeness (QED) is 0.637. The van der Waals surface area contributed by atoms with Gasteiger partial charge in [0.1, 0.15) is 6.54 Å². The van der Waals surface area contributed by atoms with E-state index in [1.165, 1.54) is 6.20 Å². The Morgan fingerprint density at radius 2 is 1.78 bits per heavy atom. The molecule has 0 unspecified atom stereocenters. The summed E-state index contributed by atoms with van der Waals surface area (Å²) in [6, 6.07) is 8.31. The van der Waals surface area contributed by atoms with Crippen LogP contribution >= 0.6 is 0 Å². The van der Waals surface area contributed by atoms with Gasteiger partial charge in [0, 0.05) is 11.6 Å². The van der Waals surface area contributed by atoms with E-state index in [1.54, 1.807) is 13.8 Å². The molecule has 1 aliphatic rings. The zero-order valence-electron chi connectivity index (χ0n) is 12.7. The lowest BCUT2D eigenvalue weighted by molar-refractivity contribution is -0.144. The molecule has 0 aliphatic carbocycles. The summed E-state index contributed by atoms with van der Waals surface area (Å²) < 4.78 is 5.57. The van der Waals surface area contributed by atoms with Crippen molar-refractivity contribution in [1.82, 2.24) is 14.8 Å². The summed E-state index contributed by atoms with van der Waals surface area (Å²) >= 11 is 0. The van der Waals surface area contributed by atoms with E-state index in [2.05, 4.69) is 4.98 Å². The highest BCUT2D eigenvalue weighted by Crippen LogP contribution is 2.22. The molecule has 4 amide bonds. The molecule has 1 fully saturated rings. The molecule has 0 atom stereocenters. The molecule has 7 nitrogen and oxygen atoms in total. The SMILES string of the molecule is CC(C)N1C(=O)C(=O)N(Cc2ncc(-c3ccccc3)o2)C1=O. The Balaban J connectivity index is 1.80. The first kappa shape index (κ1) is 15.0. The van der Waals surface area contributed by atoms with Crippen molar-refractivity contribution < 1.29 is 18.8 Å². The van der Waals surface area contributed by atoms with Crippen LogP contribution in [-0.4, -0.2) is 38.7 Å². The first-order valence-corrected chi connectivity index (χ1v) is 7.18. The van der Waals surface area contributed by atoms with E-state index >= 15 is 0 Å². The molecule has 0 radical (unpaired) electrons. The summed E-state index contributed by atoms with van der Waals surface area (Å²) in [7, 11) is 0. The Bertz CT molecular complexity index is 767. The molecule has 118 valence electrons. The zero-order chi connectivity index (χ0) is 16.6. The van der Waals surface area contributed by atoms with Gasteiger partial charge < -0.3 is 4.42 Å². The summed E-state index contributed by atoms with van der Waals surface area (Å²) in [4.78, 5) is 41.9. The van der Waals surface area contributed by atoms with E-state index in [0.717, 1.165) is 15.4 Å². The molecular formula is C16H15N3O4. The molecule has 1 aromatic carbocycles. The Morgan fingerprint density at radius 3 is 2.39 bits per heavy atom. The lowest BCUT2D eigenvalue weighted by atomic mass is 10.2. The maximum Gasteiger partial charge on any atom is 0.334 e. The van der Waals surface area contributed by atoms with Crippen LogP contribution in [0.4, 0.5) is 4.79 Å². The van der Waals surface area contributed by atoms with Crippen LogP contribution in [0.2, 0.25) is 0 Å². The van der Waals surface area contributed by atoms with Crippen LogP contribution < -0.4 is 0 Å². The number of carbonyl (C=O) groups excluding carboxylic acids is 3. The zero-order valence-corrected chi connectivity index (χ0v) is 12.7. The van der Waals surface area contributed by atoms with E-state index in [-0.39, 0.29) is 18.5 Å². The first-order valence-electron chi connectivity index (χ1n) is 7.18. The third-order valence-corrected chi connectivity index (χ3v) is 3.51. The van der Waals surface area contributed by atoms with Gasteiger partial charge in [0.15, 0.2) is 5.76 Å². The Kier molecular flexibility index (Phi) is 3.69. The minimum Gasteiger partial charge on any atom is -0.439 e. The lowest BCUT2D eigenvalue weighted by Gasteiger charge is -2.17. The van der Waals surface area contributed by atoms with Gasteiger partial charge in [0.2, 0.25) is 5.89 Å². The average molecular weight is 313 g/mol. The maximum absolute atomic E-state index is 12.2. The van der Waals surface area contributed by atoms with Gasteiger partial charge >= 0.3 is 17.8 Å². The second-order valence-electron chi connectivity index (χ2n) is 5.43. The second-order valence-corrected chi connectivity index (χ2v) is 5.43. The normalized spacial score (nSPS) is 15.2. The molecule has 0 saturated carbocycles. The predicted molar refractivity (Wildman–Crippen MR) is 79.9 cm³/mol. The number of hydrogen-bond donors (Lipinski definition) is 0. The fraction of sp³-hybridized carbons (Fsp3) is 0.250. The molecule has 23 heavy (non-hydrogen) atoms. The predicted octanol–water partition coefficient (Wildman–Crippen LogP) is 2.04. The van der Waals surface area contributed by atoms with Crippen LogP contribution in [-0.2, 0) is 16.1 Å². The largest absolute Gasteiger partial charge is 0.439 e. The lowest BCUT2D eigenvalue weighted by Crippen LogP contribution is -2.37. The summed E-state index contributed by atoms with van der Waals surface area (Å²) in [6.07, 6.45) is 1.53. The second kappa shape index (κ2) is 5.68. The Hall–Kier alpha value is -2.96. The van der Waals surface area contributed by atoms with Crippen LogP contribution in [0.5, 0.6) is 0 Å². The van der Waals surface area contributed by atoms with E-state index < -0.39 is 17.8 Å². The van der Waals surface area contributed by atoms with Gasteiger partial charge in [0.25, 0.3) is 0 Å². The van der Waals surface area contributed by atoms with Crippen LogP contribution in [0, 0.1) is 0 Å². The summed E-state index contributed by atoms with van der Waals surface area (Å²) in [5, 5.41) is 0. The van der Waals surface area contributed by atoms with Gasteiger partial charge in [-0.05, 0) is 13.8 Å². The van der Waals surface area contributed by atoms with Crippen molar-refractivity contribution in [2.45, 2.75) is 26.4 Å². The van der Waals surface area contributed by atoms with E-state index in [4.69, 9.17) is 4.42 Å². The van der Waals surface area contributed by atoms with Crippen molar-refractivity contribution in [3.63, 3.8) is 0 Å². The van der Waals surface area contributed by atoms with Crippen molar-refractivity contribution in [2.75, 3.05) is 0 Å². The fourth-order valence-corrected chi connectivity index (χ4v) is 2.37. The van der Waals surface area contributed by atoms with Crippen molar-refractivity contribution in [3.8, 4) is 11.3 Å². The van der Waals surface area contributed by atoms with Crippen LogP contribution in [0.1, 0.15) is 19.7 Å². The average Bonchev–Trinajstić information content (AvgIpc) is 3.08. The molecular weight excluding hydrogens is 298 g/mol. The third-order valence-electron chi connectivity index (χ3n) is 3.51. The highest BCUT2D eigenvalue weighted by Gasteiger charge is 2.46. The van der Waals surface area contributed by atoms with E-state index in [1.807, 2.05) is 30.3 Å². The van der Waals surface area contributed by atoms with Crippen molar-refractivity contribution in [1.29, 1.82) is 0 Å². The molecule has 2 aromatic rings. The molecule has 0 N–H and O–H groups in total. The molecule has 7 heteroatoms. The number of aromatic nitrogens is 1. The first-order chi connectivity index (χ1) is 11.0. The smallest absolute Gasteiger partial charge is 0.334 e. The van der Waals surface area contributed by atoms with Gasteiger partial charge in [-0.3, -0.25) is 14.5 Å². The number of carbonyl (C=O) groups is 3. The van der Waals surface area contributed by atoms with Crippen LogP contribution in [0.15, 0.2) is 40.9 Å². The topological polar surface area (TPSA) is 83.7 Å². The van der Waals surface area contributed by atoms with Gasteiger partial charge in [-0.25, -0.2) is 14.7 Å². The minimum absolute atomic E-state index is 0.167. The third kappa shape index (κ3) is 2.61. The van der Waals surface area contributed by atoms with Gasteiger partial charge in [-0.2, -0.15) is 0 Å². The number of oxazole rings is 1. The Labute approximate surface area is 132 Å². The highest BCUT2D eigenvalue weighted by molar-refractivity contribution is 6.44. The standard InChI is InChI=1S/C16H15N3O4/c1-10(2)19-15(21)14(20)18(16(19)22)9-13-17-8-12(23-13)11-6-4-3-5-7-11/h3-8,10H,9H2,1-2H3. The molecule has 0 bridgehead atoms. The summed E-state index contributed by atoms with van der Waals surface area (Å²) in [5.74, 6) is -0.946. The molecule has 2 heterocycles.